The number of carbonyl (C=O) groups excluding carboxylic acids is 1. The van der Waals surface area contributed by atoms with Gasteiger partial charge in [-0.05, 0) is 6.08 Å². The fraction of sp³-hybridized carbons (Fsp3) is 0.154. The molecule has 0 spiro atoms. The smallest absolute Gasteiger partial charge is 0.296 e. The van der Waals surface area contributed by atoms with Crippen LogP contribution in [0, 0.1) is 0 Å². The number of allylic oxidation sites excluding steroid dienone is 1. The third-order valence-electron chi connectivity index (χ3n) is 2.90. The standard InChI is InChI=1S/C13H10N2O3/c1-17-7-5-9-11(10(6-7)18-2)8-3-4-14-13(16)12(8)15-9/h3-6H,1-2H3. The third-order valence-corrected chi connectivity index (χ3v) is 2.90. The zero-order chi connectivity index (χ0) is 12.7. The Morgan fingerprint density at radius 2 is 2.00 bits per heavy atom. The molecule has 1 aromatic carbocycles. The summed E-state index contributed by atoms with van der Waals surface area (Å²) in [5, 5.41) is 0. The number of fused-ring (bicyclic) bond motifs is 3. The van der Waals surface area contributed by atoms with Gasteiger partial charge in [0.2, 0.25) is 0 Å². The second kappa shape index (κ2) is 3.80. The Balaban J connectivity index is 2.25. The molecule has 0 aromatic heterocycles. The summed E-state index contributed by atoms with van der Waals surface area (Å²) in [6.45, 7) is 0. The summed E-state index contributed by atoms with van der Waals surface area (Å²) >= 11 is 0. The van der Waals surface area contributed by atoms with Gasteiger partial charge in [-0.15, -0.1) is 0 Å². The minimum atomic E-state index is -0.329. The second-order valence-electron chi connectivity index (χ2n) is 3.85. The minimum absolute atomic E-state index is 0.329. The molecule has 5 heteroatoms. The maximum absolute atomic E-state index is 11.7. The maximum Gasteiger partial charge on any atom is 0.296 e. The van der Waals surface area contributed by atoms with Crippen molar-refractivity contribution in [3.63, 3.8) is 0 Å². The first-order valence-electron chi connectivity index (χ1n) is 5.38. The van der Waals surface area contributed by atoms with Gasteiger partial charge in [0.05, 0.1) is 25.5 Å². The normalized spacial score (nSPS) is 15.8. The summed E-state index contributed by atoms with van der Waals surface area (Å²) in [7, 11) is 3.15. The number of amides is 1. The molecule has 1 amide bonds. The van der Waals surface area contributed by atoms with Crippen LogP contribution in [0.25, 0.3) is 5.57 Å². The number of hydrogen-bond acceptors (Lipinski definition) is 4. The van der Waals surface area contributed by atoms with Crippen molar-refractivity contribution in [1.29, 1.82) is 0 Å². The predicted molar refractivity (Wildman–Crippen MR) is 68.1 cm³/mol. The monoisotopic (exact) mass is 242 g/mol. The van der Waals surface area contributed by atoms with Crippen molar-refractivity contribution < 1.29 is 14.3 Å². The van der Waals surface area contributed by atoms with E-state index < -0.39 is 0 Å². The molecule has 0 atom stereocenters. The molecule has 0 fully saturated rings. The molecule has 0 radical (unpaired) electrons. The van der Waals surface area contributed by atoms with E-state index in [0.717, 1.165) is 11.1 Å². The van der Waals surface area contributed by atoms with Crippen molar-refractivity contribution in [3.8, 4) is 11.5 Å². The Hall–Kier alpha value is -2.43. The first-order chi connectivity index (χ1) is 8.74. The first-order valence-corrected chi connectivity index (χ1v) is 5.38. The Morgan fingerprint density at radius 1 is 1.17 bits per heavy atom. The molecule has 1 aromatic rings. The molecule has 0 aliphatic carbocycles. The van der Waals surface area contributed by atoms with Crippen LogP contribution in [0.4, 0.5) is 5.69 Å². The van der Waals surface area contributed by atoms with Crippen molar-refractivity contribution in [3.05, 3.63) is 23.8 Å². The molecular formula is C13H10N2O3. The van der Waals surface area contributed by atoms with E-state index >= 15 is 0 Å². The summed E-state index contributed by atoms with van der Waals surface area (Å²) < 4.78 is 10.5. The Labute approximate surface area is 103 Å². The van der Waals surface area contributed by atoms with E-state index in [9.17, 15) is 4.79 Å². The zero-order valence-corrected chi connectivity index (χ0v) is 9.93. The zero-order valence-electron chi connectivity index (χ0n) is 9.93. The molecule has 0 saturated heterocycles. The van der Waals surface area contributed by atoms with Gasteiger partial charge in [-0.1, -0.05) is 0 Å². The fourth-order valence-electron chi connectivity index (χ4n) is 2.08. The molecule has 2 heterocycles. The summed E-state index contributed by atoms with van der Waals surface area (Å²) in [6.07, 6.45) is 3.25. The lowest BCUT2D eigenvalue weighted by molar-refractivity contribution is -0.111. The average molecular weight is 242 g/mol. The quantitative estimate of drug-likeness (QED) is 0.794. The van der Waals surface area contributed by atoms with Crippen LogP contribution in [0.15, 0.2) is 28.2 Å². The van der Waals surface area contributed by atoms with Gasteiger partial charge in [-0.3, -0.25) is 4.79 Å². The number of hydrogen-bond donors (Lipinski definition) is 0. The van der Waals surface area contributed by atoms with Gasteiger partial charge < -0.3 is 9.47 Å². The molecule has 0 saturated carbocycles. The van der Waals surface area contributed by atoms with Crippen LogP contribution in [-0.4, -0.2) is 32.1 Å². The fourth-order valence-corrected chi connectivity index (χ4v) is 2.08. The summed E-state index contributed by atoms with van der Waals surface area (Å²) in [4.78, 5) is 19.7. The van der Waals surface area contributed by atoms with E-state index in [4.69, 9.17) is 9.47 Å². The molecule has 2 aliphatic rings. The van der Waals surface area contributed by atoms with Gasteiger partial charge in [0.1, 0.15) is 17.2 Å². The lowest BCUT2D eigenvalue weighted by Crippen LogP contribution is -2.14. The third kappa shape index (κ3) is 1.37. The number of ether oxygens (including phenoxy) is 2. The van der Waals surface area contributed by atoms with Gasteiger partial charge in [0.25, 0.3) is 5.91 Å². The largest absolute Gasteiger partial charge is 0.497 e. The number of nitrogens with zero attached hydrogens (tertiary/aromatic N) is 2. The topological polar surface area (TPSA) is 60.2 Å². The van der Waals surface area contributed by atoms with Crippen molar-refractivity contribution in [2.24, 2.45) is 9.98 Å². The van der Waals surface area contributed by atoms with Gasteiger partial charge in [-0.25, -0.2) is 9.98 Å². The van der Waals surface area contributed by atoms with Crippen LogP contribution in [0.2, 0.25) is 0 Å². The number of rotatable bonds is 2. The van der Waals surface area contributed by atoms with Crippen molar-refractivity contribution >= 4 is 29.1 Å². The number of methoxy groups -OCH3 is 2. The van der Waals surface area contributed by atoms with Crippen LogP contribution in [-0.2, 0) is 4.79 Å². The van der Waals surface area contributed by atoms with Crippen LogP contribution in [0.5, 0.6) is 11.5 Å². The van der Waals surface area contributed by atoms with E-state index in [1.165, 1.54) is 6.21 Å². The molecule has 2 aliphatic heterocycles. The number of benzene rings is 1. The molecule has 18 heavy (non-hydrogen) atoms. The van der Waals surface area contributed by atoms with E-state index in [1.54, 1.807) is 32.4 Å². The van der Waals surface area contributed by atoms with E-state index in [-0.39, 0.29) is 5.91 Å². The molecular weight excluding hydrogens is 232 g/mol. The SMILES string of the molecule is COc1cc2c(c(OC)c1)C1=CC=NC(=O)C1=N2. The summed E-state index contributed by atoms with van der Waals surface area (Å²) in [6, 6.07) is 3.55. The highest BCUT2D eigenvalue weighted by Gasteiger charge is 2.30. The molecule has 0 unspecified atom stereocenters. The lowest BCUT2D eigenvalue weighted by atomic mass is 9.99. The molecule has 3 rings (SSSR count). The predicted octanol–water partition coefficient (Wildman–Crippen LogP) is 1.78. The van der Waals surface area contributed by atoms with E-state index in [0.29, 0.717) is 22.9 Å². The highest BCUT2D eigenvalue weighted by Crippen LogP contribution is 2.44. The van der Waals surface area contributed by atoms with E-state index in [2.05, 4.69) is 9.98 Å². The van der Waals surface area contributed by atoms with Gasteiger partial charge in [0, 0.05) is 23.9 Å². The minimum Gasteiger partial charge on any atom is -0.497 e. The molecule has 0 N–H and O–H groups in total. The average Bonchev–Trinajstić information content (AvgIpc) is 2.77. The van der Waals surface area contributed by atoms with Gasteiger partial charge in [-0.2, -0.15) is 0 Å². The van der Waals surface area contributed by atoms with Gasteiger partial charge >= 0.3 is 0 Å². The van der Waals surface area contributed by atoms with Crippen LogP contribution < -0.4 is 9.47 Å². The number of dihydropyridines is 1. The number of carbonyl (C=O) groups is 1. The summed E-state index contributed by atoms with van der Waals surface area (Å²) in [5.41, 5.74) is 2.60. The second-order valence-corrected chi connectivity index (χ2v) is 3.85. The lowest BCUT2D eigenvalue weighted by Gasteiger charge is -2.11. The van der Waals surface area contributed by atoms with Crippen molar-refractivity contribution in [2.45, 2.75) is 0 Å². The highest BCUT2D eigenvalue weighted by atomic mass is 16.5. The van der Waals surface area contributed by atoms with E-state index in [1.807, 2.05) is 0 Å². The summed E-state index contributed by atoms with van der Waals surface area (Å²) in [5.74, 6) is 0.949. The van der Waals surface area contributed by atoms with Crippen LogP contribution in [0.1, 0.15) is 5.56 Å². The van der Waals surface area contributed by atoms with Crippen molar-refractivity contribution in [1.82, 2.24) is 0 Å². The van der Waals surface area contributed by atoms with Crippen LogP contribution in [0.3, 0.4) is 0 Å². The van der Waals surface area contributed by atoms with Crippen molar-refractivity contribution in [2.75, 3.05) is 14.2 Å². The van der Waals surface area contributed by atoms with Crippen LogP contribution >= 0.6 is 0 Å². The Morgan fingerprint density at radius 3 is 2.72 bits per heavy atom. The maximum atomic E-state index is 11.7. The molecule has 5 nitrogen and oxygen atoms in total. The molecule has 0 bridgehead atoms. The molecule has 90 valence electrons. The Bertz CT molecular complexity index is 642. The number of aliphatic imine (C=N–C) groups is 2. The Kier molecular flexibility index (Phi) is 2.26. The highest BCUT2D eigenvalue weighted by molar-refractivity contribution is 6.60. The first kappa shape index (κ1) is 10.7. The van der Waals surface area contributed by atoms with Gasteiger partial charge in [0.15, 0.2) is 0 Å².